The molecule has 0 saturated heterocycles. The first kappa shape index (κ1) is 17.4. The van der Waals surface area contributed by atoms with E-state index in [4.69, 9.17) is 5.11 Å². The van der Waals surface area contributed by atoms with Crippen LogP contribution >= 0.6 is 0 Å². The molecule has 0 heterocycles. The predicted octanol–water partition coefficient (Wildman–Crippen LogP) is 0.179. The molecular weight excluding hydrogens is 320 g/mol. The first-order valence-corrected chi connectivity index (χ1v) is 7.47. The van der Waals surface area contributed by atoms with Crippen molar-refractivity contribution in [3.8, 4) is 0 Å². The Balaban J connectivity index is 2.55. The van der Waals surface area contributed by atoms with Gasteiger partial charge in [-0.2, -0.15) is 0 Å². The summed E-state index contributed by atoms with van der Waals surface area (Å²) in [5.74, 6) is -1.80. The van der Waals surface area contributed by atoms with Crippen LogP contribution in [0.2, 0.25) is 0 Å². The van der Waals surface area contributed by atoms with Crippen molar-refractivity contribution in [2.24, 2.45) is 0 Å². The number of nitro groups is 1. The summed E-state index contributed by atoms with van der Waals surface area (Å²) in [7, 11) is -3.77. The first-order chi connectivity index (χ1) is 10.2. The maximum absolute atomic E-state index is 11.9. The van der Waals surface area contributed by atoms with Crippen LogP contribution in [0.15, 0.2) is 29.2 Å². The van der Waals surface area contributed by atoms with Gasteiger partial charge in [-0.15, -0.1) is 0 Å². The zero-order chi connectivity index (χ0) is 16.8. The van der Waals surface area contributed by atoms with Gasteiger partial charge < -0.3 is 15.2 Å². The highest BCUT2D eigenvalue weighted by Crippen LogP contribution is 2.16. The van der Waals surface area contributed by atoms with Crippen molar-refractivity contribution >= 4 is 27.6 Å². The van der Waals surface area contributed by atoms with E-state index in [-0.39, 0.29) is 10.6 Å². The number of alkyl carbamates (subject to hydrolysis) is 1. The average Bonchev–Trinajstić information content (AvgIpc) is 2.45. The maximum atomic E-state index is 11.9. The molecule has 1 amide bonds. The number of carbonyl (C=O) groups is 2. The number of nitrogens with zero attached hydrogens (tertiary/aromatic N) is 1. The molecule has 0 aliphatic heterocycles. The van der Waals surface area contributed by atoms with Gasteiger partial charge in [0.1, 0.15) is 13.2 Å². The van der Waals surface area contributed by atoms with Crippen LogP contribution in [0, 0.1) is 10.1 Å². The Morgan fingerprint density at radius 1 is 1.27 bits per heavy atom. The van der Waals surface area contributed by atoms with Crippen molar-refractivity contribution in [1.29, 1.82) is 0 Å². The summed E-state index contributed by atoms with van der Waals surface area (Å²) in [6, 6.07) is 4.26. The number of carboxylic acids is 1. The quantitative estimate of drug-likeness (QED) is 0.529. The van der Waals surface area contributed by atoms with Crippen molar-refractivity contribution in [2.75, 3.05) is 18.9 Å². The third-order valence-electron chi connectivity index (χ3n) is 2.38. The summed E-state index contributed by atoms with van der Waals surface area (Å²) in [6.07, 6.45) is -1.05. The minimum absolute atomic E-state index is 0.146. The standard InChI is InChI=1S/C11H12N2O8S/c14-10(15)7-12-11(16)21-5-6-22(19,20)9-3-1-8(2-4-9)13(17)18/h1-4H,5-7H2,(H,12,16)(H,14,15). The molecule has 0 aliphatic carbocycles. The molecule has 0 saturated carbocycles. The molecule has 0 atom stereocenters. The number of non-ortho nitro benzene ring substituents is 1. The van der Waals surface area contributed by atoms with E-state index < -0.39 is 45.7 Å². The Morgan fingerprint density at radius 3 is 2.36 bits per heavy atom. The number of rotatable bonds is 7. The summed E-state index contributed by atoms with van der Waals surface area (Å²) in [5.41, 5.74) is -0.247. The lowest BCUT2D eigenvalue weighted by Gasteiger charge is -2.06. The molecule has 0 aromatic heterocycles. The first-order valence-electron chi connectivity index (χ1n) is 5.82. The van der Waals surface area contributed by atoms with Gasteiger partial charge in [0.25, 0.3) is 5.69 Å². The maximum Gasteiger partial charge on any atom is 0.407 e. The van der Waals surface area contributed by atoms with Crippen LogP contribution in [0.25, 0.3) is 0 Å². The van der Waals surface area contributed by atoms with Crippen LogP contribution in [0.1, 0.15) is 0 Å². The van der Waals surface area contributed by atoms with Crippen LogP contribution in [-0.2, 0) is 19.4 Å². The summed E-state index contributed by atoms with van der Waals surface area (Å²) in [5, 5.41) is 20.7. The molecule has 0 fully saturated rings. The van der Waals surface area contributed by atoms with Gasteiger partial charge >= 0.3 is 12.1 Å². The SMILES string of the molecule is O=C(O)CNC(=O)OCCS(=O)(=O)c1ccc([N+](=O)[O-])cc1. The van der Waals surface area contributed by atoms with Gasteiger partial charge in [-0.1, -0.05) is 0 Å². The fraction of sp³-hybridized carbons (Fsp3) is 0.273. The summed E-state index contributed by atoms with van der Waals surface area (Å²) in [4.78, 5) is 30.9. The Labute approximate surface area is 124 Å². The number of benzene rings is 1. The highest BCUT2D eigenvalue weighted by molar-refractivity contribution is 7.91. The van der Waals surface area contributed by atoms with Crippen LogP contribution in [-0.4, -0.2) is 49.4 Å². The second-order valence-electron chi connectivity index (χ2n) is 3.95. The van der Waals surface area contributed by atoms with Gasteiger partial charge in [-0.05, 0) is 12.1 Å². The number of hydrogen-bond acceptors (Lipinski definition) is 7. The fourth-order valence-corrected chi connectivity index (χ4v) is 2.43. The Morgan fingerprint density at radius 2 is 1.86 bits per heavy atom. The number of carbonyl (C=O) groups excluding carboxylic acids is 1. The predicted molar refractivity (Wildman–Crippen MR) is 72.1 cm³/mol. The van der Waals surface area contributed by atoms with Crippen molar-refractivity contribution in [3.05, 3.63) is 34.4 Å². The molecule has 1 rings (SSSR count). The van der Waals surface area contributed by atoms with Gasteiger partial charge in [0.15, 0.2) is 9.84 Å². The molecule has 2 N–H and O–H groups in total. The highest BCUT2D eigenvalue weighted by Gasteiger charge is 2.17. The average molecular weight is 332 g/mol. The Kier molecular flexibility index (Phi) is 5.81. The summed E-state index contributed by atoms with van der Waals surface area (Å²) >= 11 is 0. The Hall–Kier alpha value is -2.69. The molecule has 0 unspecified atom stereocenters. The minimum Gasteiger partial charge on any atom is -0.480 e. The fourth-order valence-electron chi connectivity index (χ4n) is 1.34. The number of nitro benzene ring substituents is 1. The molecule has 0 radical (unpaired) electrons. The van der Waals surface area contributed by atoms with E-state index in [1.165, 1.54) is 0 Å². The zero-order valence-corrected chi connectivity index (χ0v) is 11.9. The number of ether oxygens (including phenoxy) is 1. The zero-order valence-electron chi connectivity index (χ0n) is 11.1. The van der Waals surface area contributed by atoms with Crippen molar-refractivity contribution in [1.82, 2.24) is 5.32 Å². The second kappa shape index (κ2) is 7.36. The van der Waals surface area contributed by atoms with Gasteiger partial charge in [0.05, 0.1) is 15.6 Å². The molecule has 11 heteroatoms. The molecule has 10 nitrogen and oxygen atoms in total. The lowest BCUT2D eigenvalue weighted by molar-refractivity contribution is -0.384. The minimum atomic E-state index is -3.77. The molecule has 1 aromatic carbocycles. The van der Waals surface area contributed by atoms with Crippen molar-refractivity contribution in [3.63, 3.8) is 0 Å². The number of carboxylic acid groups (broad SMARTS) is 1. The normalized spacial score (nSPS) is 10.7. The second-order valence-corrected chi connectivity index (χ2v) is 6.06. The molecule has 0 aliphatic rings. The van der Waals surface area contributed by atoms with E-state index in [9.17, 15) is 28.1 Å². The number of amides is 1. The van der Waals surface area contributed by atoms with Crippen LogP contribution < -0.4 is 5.32 Å². The van der Waals surface area contributed by atoms with Gasteiger partial charge in [0, 0.05) is 12.1 Å². The number of hydrogen-bond donors (Lipinski definition) is 2. The number of aliphatic carboxylic acids is 1. The molecule has 22 heavy (non-hydrogen) atoms. The van der Waals surface area contributed by atoms with Gasteiger partial charge in [-0.3, -0.25) is 14.9 Å². The van der Waals surface area contributed by atoms with E-state index in [0.29, 0.717) is 0 Å². The van der Waals surface area contributed by atoms with E-state index in [0.717, 1.165) is 24.3 Å². The molecule has 120 valence electrons. The third-order valence-corrected chi connectivity index (χ3v) is 4.07. The largest absolute Gasteiger partial charge is 0.480 e. The van der Waals surface area contributed by atoms with Crippen LogP contribution in [0.3, 0.4) is 0 Å². The summed E-state index contributed by atoms with van der Waals surface area (Å²) < 4.78 is 28.3. The van der Waals surface area contributed by atoms with E-state index in [1.807, 2.05) is 5.32 Å². The molecule has 0 bridgehead atoms. The van der Waals surface area contributed by atoms with Crippen LogP contribution in [0.5, 0.6) is 0 Å². The highest BCUT2D eigenvalue weighted by atomic mass is 32.2. The van der Waals surface area contributed by atoms with Crippen LogP contribution in [0.4, 0.5) is 10.5 Å². The summed E-state index contributed by atoms with van der Waals surface area (Å²) in [6.45, 7) is -1.13. The van der Waals surface area contributed by atoms with Crippen molar-refractivity contribution < 1.29 is 32.8 Å². The Bertz CT molecular complexity index is 668. The third kappa shape index (κ3) is 5.36. The number of nitrogens with one attached hydrogen (secondary N) is 1. The van der Waals surface area contributed by atoms with E-state index in [1.54, 1.807) is 0 Å². The molecule has 0 spiro atoms. The number of sulfone groups is 1. The molecule has 1 aromatic rings. The lowest BCUT2D eigenvalue weighted by atomic mass is 10.3. The van der Waals surface area contributed by atoms with Gasteiger partial charge in [0.2, 0.25) is 0 Å². The van der Waals surface area contributed by atoms with E-state index in [2.05, 4.69) is 4.74 Å². The monoisotopic (exact) mass is 332 g/mol. The lowest BCUT2D eigenvalue weighted by Crippen LogP contribution is -2.31. The van der Waals surface area contributed by atoms with Gasteiger partial charge in [-0.25, -0.2) is 13.2 Å². The topological polar surface area (TPSA) is 153 Å². The smallest absolute Gasteiger partial charge is 0.407 e. The molecular formula is C11H12N2O8S. The van der Waals surface area contributed by atoms with Crippen molar-refractivity contribution in [2.45, 2.75) is 4.90 Å². The van der Waals surface area contributed by atoms with E-state index >= 15 is 0 Å².